The minimum Gasteiger partial charge on any atom is -0.361 e. The Kier molecular flexibility index (Phi) is 4.60. The van der Waals surface area contributed by atoms with Gasteiger partial charge in [-0.25, -0.2) is 4.79 Å². The number of hydrogen-bond acceptors (Lipinski definition) is 4. The summed E-state index contributed by atoms with van der Waals surface area (Å²) >= 11 is 0. The zero-order valence-corrected chi connectivity index (χ0v) is 14.5. The zero-order chi connectivity index (χ0) is 17.9. The van der Waals surface area contributed by atoms with Crippen LogP contribution in [-0.4, -0.2) is 25.3 Å². The number of carbonyl (C=O) groups excluding carboxylic acids is 1. The molecule has 0 radical (unpaired) electrons. The molecule has 2 aromatic carbocycles. The van der Waals surface area contributed by atoms with Gasteiger partial charge in [0, 0.05) is 29.6 Å². The number of para-hydroxylation sites is 1. The van der Waals surface area contributed by atoms with Crippen molar-refractivity contribution < 1.29 is 4.79 Å². The van der Waals surface area contributed by atoms with Crippen LogP contribution in [0.1, 0.15) is 17.5 Å². The van der Waals surface area contributed by atoms with Crippen LogP contribution >= 0.6 is 0 Å². The monoisotopic (exact) mass is 349 g/mol. The molecular formula is C20H23N5O. The van der Waals surface area contributed by atoms with Crippen LogP contribution in [0, 0.1) is 0 Å². The number of benzene rings is 2. The quantitative estimate of drug-likeness (QED) is 0.604. The van der Waals surface area contributed by atoms with Gasteiger partial charge in [-0.15, -0.1) is 0 Å². The van der Waals surface area contributed by atoms with E-state index in [4.69, 9.17) is 5.73 Å². The first-order chi connectivity index (χ1) is 12.8. The van der Waals surface area contributed by atoms with Crippen molar-refractivity contribution in [1.29, 1.82) is 0 Å². The van der Waals surface area contributed by atoms with Crippen LogP contribution in [0.3, 0.4) is 0 Å². The molecule has 0 spiro atoms. The number of urea groups is 1. The number of nitrogens with zero attached hydrogens (tertiary/aromatic N) is 1. The Morgan fingerprint density at radius 2 is 1.88 bits per heavy atom. The maximum atomic E-state index is 12.5. The van der Waals surface area contributed by atoms with Crippen molar-refractivity contribution in [3.63, 3.8) is 0 Å². The molecule has 6 heteroatoms. The Morgan fingerprint density at radius 1 is 1.08 bits per heavy atom. The second-order valence-corrected chi connectivity index (χ2v) is 6.51. The fraction of sp³-hybridized carbons (Fsp3) is 0.250. The van der Waals surface area contributed by atoms with Crippen LogP contribution in [0.2, 0.25) is 0 Å². The second-order valence-electron chi connectivity index (χ2n) is 6.51. The molecule has 0 bridgehead atoms. The molecule has 1 atom stereocenters. The lowest BCUT2D eigenvalue weighted by Gasteiger charge is -2.29. The van der Waals surface area contributed by atoms with Crippen molar-refractivity contribution in [3.8, 4) is 0 Å². The van der Waals surface area contributed by atoms with E-state index in [0.29, 0.717) is 6.54 Å². The number of amides is 2. The van der Waals surface area contributed by atoms with Crippen molar-refractivity contribution in [2.75, 3.05) is 23.3 Å². The van der Waals surface area contributed by atoms with Crippen LogP contribution in [0.15, 0.2) is 54.7 Å². The van der Waals surface area contributed by atoms with Crippen LogP contribution < -0.4 is 26.6 Å². The van der Waals surface area contributed by atoms with Gasteiger partial charge in [-0.2, -0.15) is 0 Å². The van der Waals surface area contributed by atoms with Crippen molar-refractivity contribution in [1.82, 2.24) is 10.6 Å². The van der Waals surface area contributed by atoms with Crippen molar-refractivity contribution in [3.05, 3.63) is 65.9 Å². The van der Waals surface area contributed by atoms with E-state index < -0.39 is 0 Å². The molecule has 6 nitrogen and oxygen atoms in total. The van der Waals surface area contributed by atoms with Crippen molar-refractivity contribution in [2.24, 2.45) is 5.73 Å². The van der Waals surface area contributed by atoms with E-state index in [1.165, 1.54) is 5.56 Å². The third kappa shape index (κ3) is 3.16. The molecule has 0 saturated carbocycles. The smallest absolute Gasteiger partial charge is 0.327 e. The predicted octanol–water partition coefficient (Wildman–Crippen LogP) is 2.45. The molecule has 2 aliphatic rings. The molecule has 2 heterocycles. The van der Waals surface area contributed by atoms with Crippen molar-refractivity contribution >= 4 is 23.0 Å². The fourth-order valence-electron chi connectivity index (χ4n) is 3.32. The van der Waals surface area contributed by atoms with Crippen LogP contribution in [0.4, 0.5) is 16.2 Å². The van der Waals surface area contributed by atoms with Gasteiger partial charge in [0.2, 0.25) is 0 Å². The number of fused-ring (bicyclic) bond motifs is 3. The lowest BCUT2D eigenvalue weighted by atomic mass is 10.1. The summed E-state index contributed by atoms with van der Waals surface area (Å²) in [5.74, 6) is 0. The molecule has 2 aliphatic heterocycles. The molecule has 0 saturated heterocycles. The van der Waals surface area contributed by atoms with E-state index >= 15 is 0 Å². The first kappa shape index (κ1) is 16.6. The fourth-order valence-corrected chi connectivity index (χ4v) is 3.32. The highest BCUT2D eigenvalue weighted by molar-refractivity contribution is 6.03. The summed E-state index contributed by atoms with van der Waals surface area (Å²) in [6.07, 6.45) is 2.73. The molecule has 0 aliphatic carbocycles. The molecule has 5 N–H and O–H groups in total. The van der Waals surface area contributed by atoms with E-state index in [1.807, 2.05) is 48.7 Å². The number of hydrogen-bond donors (Lipinski definition) is 4. The average molecular weight is 349 g/mol. The highest BCUT2D eigenvalue weighted by Gasteiger charge is 2.33. The van der Waals surface area contributed by atoms with Gasteiger partial charge >= 0.3 is 6.03 Å². The Morgan fingerprint density at radius 3 is 2.69 bits per heavy atom. The Labute approximate surface area is 153 Å². The lowest BCUT2D eigenvalue weighted by Crippen LogP contribution is -2.49. The summed E-state index contributed by atoms with van der Waals surface area (Å²) in [5.41, 5.74) is 10.8. The SMILES string of the molecule is NCCCNCc1ccc(N2C=C3c4ccccc4NC3NC2=O)cc1. The zero-order valence-electron chi connectivity index (χ0n) is 14.5. The molecule has 4 rings (SSSR count). The topological polar surface area (TPSA) is 82.4 Å². The van der Waals surface area contributed by atoms with Crippen molar-refractivity contribution in [2.45, 2.75) is 19.1 Å². The van der Waals surface area contributed by atoms with Gasteiger partial charge < -0.3 is 21.7 Å². The minimum absolute atomic E-state index is 0.132. The Balaban J connectivity index is 1.52. The van der Waals surface area contributed by atoms with Crippen LogP contribution in [0.25, 0.3) is 5.57 Å². The second kappa shape index (κ2) is 7.19. The molecule has 1 unspecified atom stereocenters. The van der Waals surface area contributed by atoms with Gasteiger partial charge in [-0.1, -0.05) is 30.3 Å². The summed E-state index contributed by atoms with van der Waals surface area (Å²) in [4.78, 5) is 14.2. The maximum absolute atomic E-state index is 12.5. The maximum Gasteiger partial charge on any atom is 0.327 e. The summed E-state index contributed by atoms with van der Waals surface area (Å²) in [7, 11) is 0. The largest absolute Gasteiger partial charge is 0.361 e. The highest BCUT2D eigenvalue weighted by atomic mass is 16.2. The first-order valence-corrected chi connectivity index (χ1v) is 8.93. The molecule has 2 aromatic rings. The standard InChI is InChI=1S/C20H23N5O/c21-10-3-11-22-12-14-6-8-15(9-7-14)25-13-17-16-4-1-2-5-18(16)23-19(17)24-20(25)26/h1-2,4-9,13,19,22-23H,3,10-12,21H2,(H,24,26). The van der Waals surface area contributed by atoms with E-state index in [9.17, 15) is 4.79 Å². The molecule has 134 valence electrons. The summed E-state index contributed by atoms with van der Waals surface area (Å²) in [6, 6.07) is 16.0. The average Bonchev–Trinajstić information content (AvgIpc) is 3.02. The third-order valence-corrected chi connectivity index (χ3v) is 4.71. The summed E-state index contributed by atoms with van der Waals surface area (Å²) in [6.45, 7) is 2.41. The predicted molar refractivity (Wildman–Crippen MR) is 105 cm³/mol. The normalized spacial score (nSPS) is 17.9. The number of nitrogens with one attached hydrogen (secondary N) is 3. The van der Waals surface area contributed by atoms with Gasteiger partial charge in [-0.3, -0.25) is 4.90 Å². The van der Waals surface area contributed by atoms with Gasteiger partial charge in [0.15, 0.2) is 0 Å². The van der Waals surface area contributed by atoms with E-state index in [1.54, 1.807) is 4.90 Å². The lowest BCUT2D eigenvalue weighted by molar-refractivity contribution is 0.246. The number of carbonyl (C=O) groups is 1. The van der Waals surface area contributed by atoms with E-state index in [-0.39, 0.29) is 12.2 Å². The Hall–Kier alpha value is -2.83. The van der Waals surface area contributed by atoms with Gasteiger partial charge in [0.25, 0.3) is 0 Å². The molecule has 0 aromatic heterocycles. The minimum atomic E-state index is -0.165. The third-order valence-electron chi connectivity index (χ3n) is 4.71. The number of rotatable bonds is 6. The van der Waals surface area contributed by atoms with E-state index in [2.05, 4.69) is 22.0 Å². The molecule has 26 heavy (non-hydrogen) atoms. The molecule has 0 fully saturated rings. The number of nitrogens with two attached hydrogens (primary N) is 1. The van der Waals surface area contributed by atoms with Gasteiger partial charge in [0.05, 0.1) is 5.69 Å². The Bertz CT molecular complexity index is 830. The van der Waals surface area contributed by atoms with Gasteiger partial charge in [0.1, 0.15) is 6.17 Å². The summed E-state index contributed by atoms with van der Waals surface area (Å²) < 4.78 is 0. The highest BCUT2D eigenvalue weighted by Crippen LogP contribution is 2.36. The summed E-state index contributed by atoms with van der Waals surface area (Å²) in [5, 5.41) is 9.72. The van der Waals surface area contributed by atoms with Gasteiger partial charge in [-0.05, 0) is 43.3 Å². The number of anilines is 2. The first-order valence-electron chi connectivity index (χ1n) is 8.93. The van der Waals surface area contributed by atoms with E-state index in [0.717, 1.165) is 42.0 Å². The van der Waals surface area contributed by atoms with Crippen LogP contribution in [-0.2, 0) is 6.54 Å². The molecular weight excluding hydrogens is 326 g/mol. The molecule has 2 amide bonds. The van der Waals surface area contributed by atoms with Crippen LogP contribution in [0.5, 0.6) is 0 Å².